The van der Waals surface area contributed by atoms with Gasteiger partial charge in [0.15, 0.2) is 0 Å². The molecule has 2 N–H and O–H groups in total. The molecule has 10 heteroatoms. The topological polar surface area (TPSA) is 117 Å². The highest BCUT2D eigenvalue weighted by atomic mass is 79.9. The van der Waals surface area contributed by atoms with Gasteiger partial charge in [0.05, 0.1) is 37.3 Å². The van der Waals surface area contributed by atoms with E-state index in [1.807, 2.05) is 36.4 Å². The number of carbonyl (C=O) groups excluding carboxylic acids is 3. The van der Waals surface area contributed by atoms with Crippen LogP contribution in [0.4, 0.5) is 5.69 Å². The van der Waals surface area contributed by atoms with Crippen LogP contribution in [-0.4, -0.2) is 55.4 Å². The average Bonchev–Trinajstić information content (AvgIpc) is 3.04. The quantitative estimate of drug-likeness (QED) is 0.114. The zero-order valence-corrected chi connectivity index (χ0v) is 28.1. The summed E-state index contributed by atoms with van der Waals surface area (Å²) in [6.07, 6.45) is 4.77. The van der Waals surface area contributed by atoms with Gasteiger partial charge in [0.1, 0.15) is 5.75 Å². The highest BCUT2D eigenvalue weighted by molar-refractivity contribution is 9.10. The Labute approximate surface area is 273 Å². The molecule has 1 aliphatic rings. The van der Waals surface area contributed by atoms with Crippen LogP contribution >= 0.6 is 15.9 Å². The summed E-state index contributed by atoms with van der Waals surface area (Å²) >= 11 is 3.49. The summed E-state index contributed by atoms with van der Waals surface area (Å²) in [5, 5.41) is 1.97. The van der Waals surface area contributed by atoms with E-state index in [4.69, 9.17) is 24.7 Å². The molecule has 0 radical (unpaired) electrons. The number of fused-ring (bicyclic) bond motifs is 1. The van der Waals surface area contributed by atoms with Crippen molar-refractivity contribution in [3.05, 3.63) is 69.7 Å². The number of nitrogens with zero attached hydrogens (tertiary/aromatic N) is 1. The van der Waals surface area contributed by atoms with E-state index in [0.29, 0.717) is 22.7 Å². The van der Waals surface area contributed by atoms with Crippen LogP contribution in [0.1, 0.15) is 86.7 Å². The Kier molecular flexibility index (Phi) is 12.2. The third-order valence-electron chi connectivity index (χ3n) is 8.38. The average molecular weight is 684 g/mol. The predicted molar refractivity (Wildman–Crippen MR) is 177 cm³/mol. The Bertz CT molecular complexity index is 1500. The molecule has 0 bridgehead atoms. The molecule has 45 heavy (non-hydrogen) atoms. The minimum atomic E-state index is -1.23. The summed E-state index contributed by atoms with van der Waals surface area (Å²) in [6, 6.07) is 15.3. The molecular weight excluding hydrogens is 640 g/mol. The summed E-state index contributed by atoms with van der Waals surface area (Å²) in [4.78, 5) is 40.3. The standard InChI is InChI=1S/C35H43BrN2O7/c1-5-38(29-9-7-6-8-10-29)21-28-18-27(20-31(36)33(28)37)35(41)45-32(44-23(3)39)15-16-43-34(40)22(2)24-11-12-26-19-30(42-4)14-13-25(26)17-24/h11-14,17-20,22,29,32H,5-10,15-16,21,37H2,1-4H3. The van der Waals surface area contributed by atoms with Gasteiger partial charge in [-0.25, -0.2) is 4.79 Å². The molecule has 0 aliphatic heterocycles. The number of anilines is 1. The molecule has 0 spiro atoms. The van der Waals surface area contributed by atoms with Gasteiger partial charge in [0.25, 0.3) is 6.29 Å². The molecule has 1 saturated carbocycles. The molecular formula is C35H43BrN2O7. The third-order valence-corrected chi connectivity index (χ3v) is 9.04. The number of nitrogens with two attached hydrogens (primary N) is 1. The van der Waals surface area contributed by atoms with E-state index in [-0.39, 0.29) is 18.6 Å². The highest BCUT2D eigenvalue weighted by Gasteiger charge is 2.25. The molecule has 0 saturated heterocycles. The van der Waals surface area contributed by atoms with E-state index < -0.39 is 30.1 Å². The van der Waals surface area contributed by atoms with Crippen molar-refractivity contribution in [1.29, 1.82) is 0 Å². The van der Waals surface area contributed by atoms with Gasteiger partial charge >= 0.3 is 17.9 Å². The number of esters is 3. The van der Waals surface area contributed by atoms with Crippen LogP contribution in [0.15, 0.2) is 53.0 Å². The van der Waals surface area contributed by atoms with Gasteiger partial charge in [0.2, 0.25) is 0 Å². The zero-order chi connectivity index (χ0) is 32.5. The molecule has 0 amide bonds. The molecule has 2 unspecified atom stereocenters. The van der Waals surface area contributed by atoms with Crippen molar-refractivity contribution in [3.63, 3.8) is 0 Å². The smallest absolute Gasteiger partial charge is 0.341 e. The number of hydrogen-bond acceptors (Lipinski definition) is 9. The fourth-order valence-corrected chi connectivity index (χ4v) is 6.26. The second kappa shape index (κ2) is 16.1. The van der Waals surface area contributed by atoms with Gasteiger partial charge in [-0.1, -0.05) is 50.5 Å². The summed E-state index contributed by atoms with van der Waals surface area (Å²) in [5.74, 6) is -1.51. The van der Waals surface area contributed by atoms with Crippen molar-refractivity contribution in [1.82, 2.24) is 4.90 Å². The van der Waals surface area contributed by atoms with Crippen molar-refractivity contribution >= 4 is 50.3 Å². The van der Waals surface area contributed by atoms with Crippen molar-refractivity contribution in [2.45, 2.75) is 84.1 Å². The van der Waals surface area contributed by atoms with Gasteiger partial charge in [0, 0.05) is 24.0 Å². The van der Waals surface area contributed by atoms with Crippen LogP contribution in [0.2, 0.25) is 0 Å². The lowest BCUT2D eigenvalue weighted by molar-refractivity contribution is -0.169. The molecule has 3 aromatic carbocycles. The van der Waals surface area contributed by atoms with Gasteiger partial charge in [-0.2, -0.15) is 0 Å². The SMILES string of the molecule is CCN(Cc1cc(C(=O)OC(CCOC(=O)C(C)c2ccc3cc(OC)ccc3c2)OC(C)=O)cc(Br)c1N)C1CCCCC1. The summed E-state index contributed by atoms with van der Waals surface area (Å²) in [5.41, 5.74) is 8.88. The summed E-state index contributed by atoms with van der Waals surface area (Å²) in [7, 11) is 1.62. The van der Waals surface area contributed by atoms with E-state index in [0.717, 1.165) is 47.0 Å². The Morgan fingerprint density at radius 1 is 1.00 bits per heavy atom. The fourth-order valence-electron chi connectivity index (χ4n) is 5.76. The predicted octanol–water partition coefficient (Wildman–Crippen LogP) is 7.13. The van der Waals surface area contributed by atoms with Crippen molar-refractivity contribution in [3.8, 4) is 5.75 Å². The van der Waals surface area contributed by atoms with Crippen LogP contribution < -0.4 is 10.5 Å². The van der Waals surface area contributed by atoms with Gasteiger partial charge in [-0.3, -0.25) is 14.5 Å². The fraction of sp³-hybridized carbons (Fsp3) is 0.457. The molecule has 2 atom stereocenters. The Balaban J connectivity index is 1.38. The van der Waals surface area contributed by atoms with Gasteiger partial charge in [-0.15, -0.1) is 0 Å². The lowest BCUT2D eigenvalue weighted by Gasteiger charge is -2.34. The number of benzene rings is 3. The number of methoxy groups -OCH3 is 1. The molecule has 9 nitrogen and oxygen atoms in total. The number of carbonyl (C=O) groups is 3. The van der Waals surface area contributed by atoms with E-state index in [1.54, 1.807) is 26.2 Å². The van der Waals surface area contributed by atoms with E-state index in [2.05, 4.69) is 27.8 Å². The Hall–Kier alpha value is -3.63. The van der Waals surface area contributed by atoms with Crippen LogP contribution in [0.5, 0.6) is 5.75 Å². The molecule has 0 heterocycles. The second-order valence-electron chi connectivity index (χ2n) is 11.5. The largest absolute Gasteiger partial charge is 0.497 e. The first-order valence-corrected chi connectivity index (χ1v) is 16.3. The number of hydrogen-bond donors (Lipinski definition) is 1. The monoisotopic (exact) mass is 682 g/mol. The lowest BCUT2D eigenvalue weighted by atomic mass is 9.93. The highest BCUT2D eigenvalue weighted by Crippen LogP contribution is 2.30. The van der Waals surface area contributed by atoms with E-state index >= 15 is 0 Å². The molecule has 242 valence electrons. The minimum absolute atomic E-state index is 0.0183. The van der Waals surface area contributed by atoms with Crippen molar-refractivity contribution in [2.75, 3.05) is 26.0 Å². The normalized spacial score (nSPS) is 15.0. The number of nitrogen functional groups attached to an aromatic ring is 1. The van der Waals surface area contributed by atoms with Crippen LogP contribution in [-0.2, 0) is 30.3 Å². The van der Waals surface area contributed by atoms with Gasteiger partial charge in [-0.05, 0) is 88.4 Å². The molecule has 0 aromatic heterocycles. The second-order valence-corrected chi connectivity index (χ2v) is 12.3. The van der Waals surface area contributed by atoms with Crippen LogP contribution in [0.25, 0.3) is 10.8 Å². The Morgan fingerprint density at radius 2 is 1.71 bits per heavy atom. The number of rotatable bonds is 13. The van der Waals surface area contributed by atoms with Crippen LogP contribution in [0, 0.1) is 0 Å². The minimum Gasteiger partial charge on any atom is -0.497 e. The summed E-state index contributed by atoms with van der Waals surface area (Å²) < 4.78 is 22.2. The Morgan fingerprint density at radius 3 is 2.40 bits per heavy atom. The molecule has 3 aromatic rings. The molecule has 4 rings (SSSR count). The zero-order valence-electron chi connectivity index (χ0n) is 26.5. The van der Waals surface area contributed by atoms with Gasteiger partial charge < -0.3 is 24.7 Å². The first-order valence-electron chi connectivity index (χ1n) is 15.5. The van der Waals surface area contributed by atoms with Crippen LogP contribution in [0.3, 0.4) is 0 Å². The maximum absolute atomic E-state index is 13.2. The third kappa shape index (κ3) is 9.20. The van der Waals surface area contributed by atoms with Crippen molar-refractivity contribution in [2.24, 2.45) is 0 Å². The number of ether oxygens (including phenoxy) is 4. The van der Waals surface area contributed by atoms with Crippen molar-refractivity contribution < 1.29 is 33.3 Å². The maximum Gasteiger partial charge on any atom is 0.341 e. The molecule has 1 aliphatic carbocycles. The van der Waals surface area contributed by atoms with E-state index in [1.165, 1.54) is 26.2 Å². The maximum atomic E-state index is 13.2. The lowest BCUT2D eigenvalue weighted by Crippen LogP contribution is -2.36. The molecule has 1 fully saturated rings. The van der Waals surface area contributed by atoms with E-state index in [9.17, 15) is 14.4 Å². The first-order chi connectivity index (χ1) is 21.6. The number of halogens is 1. The first kappa shape index (κ1) is 34.2. The summed E-state index contributed by atoms with van der Waals surface area (Å²) in [6.45, 7) is 6.50.